The first-order chi connectivity index (χ1) is 7.79. The Kier molecular flexibility index (Phi) is 3.67. The van der Waals surface area contributed by atoms with Crippen molar-refractivity contribution in [3.05, 3.63) is 24.3 Å². The number of amidine groups is 1. The minimum Gasteiger partial charge on any atom is -0.386 e. The molecule has 86 valence electrons. The Morgan fingerprint density at radius 3 is 2.81 bits per heavy atom. The van der Waals surface area contributed by atoms with Crippen LogP contribution < -0.4 is 10.6 Å². The molecule has 1 aliphatic heterocycles. The average molecular weight is 238 g/mol. The lowest BCUT2D eigenvalue weighted by Crippen LogP contribution is -2.17. The van der Waals surface area contributed by atoms with Gasteiger partial charge in [-0.3, -0.25) is 0 Å². The summed E-state index contributed by atoms with van der Waals surface area (Å²) in [4.78, 5) is 6.62. The van der Waals surface area contributed by atoms with Crippen molar-refractivity contribution in [2.75, 3.05) is 23.9 Å². The molecule has 0 atom stereocenters. The van der Waals surface area contributed by atoms with Crippen molar-refractivity contribution >= 4 is 28.8 Å². The molecule has 1 saturated heterocycles. The van der Waals surface area contributed by atoms with Gasteiger partial charge in [0.2, 0.25) is 0 Å². The fourth-order valence-corrected chi connectivity index (χ4v) is 1.99. The van der Waals surface area contributed by atoms with Gasteiger partial charge in [-0.15, -0.1) is 11.6 Å². The number of halogens is 1. The Bertz CT molecular complexity index is 384. The quantitative estimate of drug-likeness (QED) is 0.499. The summed E-state index contributed by atoms with van der Waals surface area (Å²) in [6.45, 7) is 2.27. The molecular weight excluding hydrogens is 222 g/mol. The van der Waals surface area contributed by atoms with Gasteiger partial charge < -0.3 is 10.6 Å². The van der Waals surface area contributed by atoms with E-state index in [2.05, 4.69) is 22.0 Å². The van der Waals surface area contributed by atoms with Crippen LogP contribution in [-0.4, -0.2) is 24.8 Å². The summed E-state index contributed by atoms with van der Waals surface area (Å²) in [5.41, 5.74) is 7.71. The third kappa shape index (κ3) is 2.67. The second-order valence-electron chi connectivity index (χ2n) is 3.95. The van der Waals surface area contributed by atoms with E-state index in [1.54, 1.807) is 0 Å². The molecule has 1 aromatic carbocycles. The van der Waals surface area contributed by atoms with Crippen LogP contribution in [0.5, 0.6) is 0 Å². The standard InChI is InChI=1S/C12H16ClN3/c13-9-12(14)15-10-4-3-5-11(8-10)16-6-1-2-7-16/h3-5,8H,1-2,6-7,9H2,(H2,14,15). The van der Waals surface area contributed by atoms with E-state index in [9.17, 15) is 0 Å². The highest BCUT2D eigenvalue weighted by Crippen LogP contribution is 2.24. The molecule has 1 aliphatic rings. The molecule has 0 radical (unpaired) electrons. The average Bonchev–Trinajstić information content (AvgIpc) is 2.83. The van der Waals surface area contributed by atoms with Crippen LogP contribution in [-0.2, 0) is 0 Å². The van der Waals surface area contributed by atoms with Crippen molar-refractivity contribution in [2.45, 2.75) is 12.8 Å². The van der Waals surface area contributed by atoms with Gasteiger partial charge in [0.05, 0.1) is 11.6 Å². The van der Waals surface area contributed by atoms with E-state index in [0.717, 1.165) is 18.8 Å². The van der Waals surface area contributed by atoms with Gasteiger partial charge in [-0.25, -0.2) is 4.99 Å². The molecule has 1 fully saturated rings. The van der Waals surface area contributed by atoms with E-state index in [1.807, 2.05) is 12.1 Å². The number of anilines is 1. The number of nitrogens with two attached hydrogens (primary N) is 1. The lowest BCUT2D eigenvalue weighted by molar-refractivity contribution is 0.949. The van der Waals surface area contributed by atoms with Gasteiger partial charge in [-0.2, -0.15) is 0 Å². The Morgan fingerprint density at radius 2 is 2.12 bits per heavy atom. The zero-order valence-corrected chi connectivity index (χ0v) is 9.95. The van der Waals surface area contributed by atoms with Crippen molar-refractivity contribution < 1.29 is 0 Å². The van der Waals surface area contributed by atoms with Gasteiger partial charge >= 0.3 is 0 Å². The fourth-order valence-electron chi connectivity index (χ4n) is 1.93. The van der Waals surface area contributed by atoms with Gasteiger partial charge in [-0.1, -0.05) is 6.07 Å². The molecule has 0 spiro atoms. The number of nitrogens with zero attached hydrogens (tertiary/aromatic N) is 2. The van der Waals surface area contributed by atoms with Gasteiger partial charge in [0.15, 0.2) is 0 Å². The maximum Gasteiger partial charge on any atom is 0.115 e. The van der Waals surface area contributed by atoms with E-state index in [1.165, 1.54) is 18.5 Å². The molecule has 4 heteroatoms. The van der Waals surface area contributed by atoms with Gasteiger partial charge in [-0.05, 0) is 31.0 Å². The lowest BCUT2D eigenvalue weighted by atomic mass is 10.2. The van der Waals surface area contributed by atoms with Gasteiger partial charge in [0, 0.05) is 18.8 Å². The van der Waals surface area contributed by atoms with Crippen LogP contribution in [0, 0.1) is 0 Å². The normalized spacial score (nSPS) is 16.8. The van der Waals surface area contributed by atoms with Crippen molar-refractivity contribution in [3.8, 4) is 0 Å². The first kappa shape index (κ1) is 11.3. The summed E-state index contributed by atoms with van der Waals surface area (Å²) in [5.74, 6) is 0.730. The van der Waals surface area contributed by atoms with Crippen LogP contribution in [0.25, 0.3) is 0 Å². The van der Waals surface area contributed by atoms with Crippen LogP contribution >= 0.6 is 11.6 Å². The van der Waals surface area contributed by atoms with E-state index < -0.39 is 0 Å². The number of aliphatic imine (C=N–C) groups is 1. The molecule has 1 aromatic rings. The van der Waals surface area contributed by atoms with Crippen molar-refractivity contribution in [1.29, 1.82) is 0 Å². The van der Waals surface area contributed by atoms with Crippen LogP contribution in [0.1, 0.15) is 12.8 Å². The highest BCUT2D eigenvalue weighted by atomic mass is 35.5. The first-order valence-electron chi connectivity index (χ1n) is 5.53. The Labute approximate surface area is 101 Å². The summed E-state index contributed by atoms with van der Waals surface area (Å²) in [6.07, 6.45) is 2.55. The molecule has 0 aromatic heterocycles. The number of hydrogen-bond donors (Lipinski definition) is 1. The minimum absolute atomic E-state index is 0.272. The van der Waals surface area contributed by atoms with Crippen LogP contribution in [0.2, 0.25) is 0 Å². The Morgan fingerprint density at radius 1 is 1.38 bits per heavy atom. The molecule has 1 heterocycles. The van der Waals surface area contributed by atoms with Gasteiger partial charge in [0.25, 0.3) is 0 Å². The fraction of sp³-hybridized carbons (Fsp3) is 0.417. The predicted octanol–water partition coefficient (Wildman–Crippen LogP) is 2.51. The SMILES string of the molecule is NC(CCl)=Nc1cccc(N2CCCC2)c1. The molecule has 0 saturated carbocycles. The second-order valence-corrected chi connectivity index (χ2v) is 4.22. The minimum atomic E-state index is 0.272. The highest BCUT2D eigenvalue weighted by Gasteiger charge is 2.12. The zero-order valence-electron chi connectivity index (χ0n) is 9.19. The van der Waals surface area contributed by atoms with E-state index in [-0.39, 0.29) is 5.88 Å². The predicted molar refractivity (Wildman–Crippen MR) is 69.9 cm³/mol. The van der Waals surface area contributed by atoms with Crippen LogP contribution in [0.3, 0.4) is 0 Å². The molecule has 0 aliphatic carbocycles. The van der Waals surface area contributed by atoms with Crippen molar-refractivity contribution in [1.82, 2.24) is 0 Å². The topological polar surface area (TPSA) is 41.6 Å². The molecule has 3 nitrogen and oxygen atoms in total. The summed E-state index contributed by atoms with van der Waals surface area (Å²) < 4.78 is 0. The molecule has 16 heavy (non-hydrogen) atoms. The number of benzene rings is 1. The summed E-state index contributed by atoms with van der Waals surface area (Å²) >= 11 is 5.60. The Hall–Kier alpha value is -1.22. The smallest absolute Gasteiger partial charge is 0.115 e. The van der Waals surface area contributed by atoms with Crippen LogP contribution in [0.15, 0.2) is 29.3 Å². The van der Waals surface area contributed by atoms with Crippen molar-refractivity contribution in [3.63, 3.8) is 0 Å². The molecular formula is C12H16ClN3. The molecule has 2 rings (SSSR count). The maximum atomic E-state index is 5.61. The molecule has 0 amide bonds. The number of rotatable bonds is 3. The lowest BCUT2D eigenvalue weighted by Gasteiger charge is -2.17. The van der Waals surface area contributed by atoms with Crippen LogP contribution in [0.4, 0.5) is 11.4 Å². The summed E-state index contributed by atoms with van der Waals surface area (Å²) in [6, 6.07) is 8.12. The highest BCUT2D eigenvalue weighted by molar-refractivity contribution is 6.28. The molecule has 0 bridgehead atoms. The van der Waals surface area contributed by atoms with Crippen molar-refractivity contribution in [2.24, 2.45) is 10.7 Å². The number of alkyl halides is 1. The maximum absolute atomic E-state index is 5.61. The monoisotopic (exact) mass is 237 g/mol. The number of hydrogen-bond acceptors (Lipinski definition) is 2. The largest absolute Gasteiger partial charge is 0.386 e. The van der Waals surface area contributed by atoms with E-state index in [0.29, 0.717) is 5.84 Å². The van der Waals surface area contributed by atoms with E-state index in [4.69, 9.17) is 17.3 Å². The zero-order chi connectivity index (χ0) is 11.4. The Balaban J connectivity index is 2.19. The first-order valence-corrected chi connectivity index (χ1v) is 6.07. The third-order valence-corrected chi connectivity index (χ3v) is 2.98. The van der Waals surface area contributed by atoms with Gasteiger partial charge in [0.1, 0.15) is 5.84 Å². The molecule has 0 unspecified atom stereocenters. The summed E-state index contributed by atoms with van der Waals surface area (Å²) in [7, 11) is 0. The second kappa shape index (κ2) is 5.21. The summed E-state index contributed by atoms with van der Waals surface area (Å²) in [5, 5.41) is 0. The van der Waals surface area contributed by atoms with E-state index >= 15 is 0 Å². The molecule has 2 N–H and O–H groups in total. The third-order valence-electron chi connectivity index (χ3n) is 2.71.